The Morgan fingerprint density at radius 1 is 1.42 bits per heavy atom. The number of carbonyl (C=O) groups is 1. The normalized spacial score (nSPS) is 27.8. The molecule has 102 valence electrons. The first-order valence-electron chi connectivity index (χ1n) is 7.04. The Balaban J connectivity index is 1.86. The summed E-state index contributed by atoms with van der Waals surface area (Å²) in [5.41, 5.74) is 2.53. The fourth-order valence-corrected chi connectivity index (χ4v) is 3.20. The Bertz CT molecular complexity index is 509. The Morgan fingerprint density at radius 2 is 2.11 bits per heavy atom. The molecule has 1 amide bonds. The second-order valence-corrected chi connectivity index (χ2v) is 6.42. The second-order valence-electron chi connectivity index (χ2n) is 6.42. The van der Waals surface area contributed by atoms with Crippen molar-refractivity contribution in [1.82, 2.24) is 4.90 Å². The third-order valence-corrected chi connectivity index (χ3v) is 4.68. The average Bonchev–Trinajstić information content (AvgIpc) is 3.05. The van der Waals surface area contributed by atoms with Crippen LogP contribution in [0.15, 0.2) is 24.3 Å². The highest BCUT2D eigenvalue weighted by atomic mass is 16.3. The molecule has 1 aliphatic heterocycles. The molecular weight excluding hydrogens is 238 g/mol. The lowest BCUT2D eigenvalue weighted by atomic mass is 9.92. The molecule has 2 aliphatic rings. The van der Waals surface area contributed by atoms with Gasteiger partial charge in [0.25, 0.3) is 0 Å². The van der Waals surface area contributed by atoms with E-state index >= 15 is 0 Å². The van der Waals surface area contributed by atoms with E-state index in [1.54, 1.807) is 0 Å². The zero-order valence-electron chi connectivity index (χ0n) is 11.6. The van der Waals surface area contributed by atoms with Gasteiger partial charge in [-0.25, -0.2) is 0 Å². The van der Waals surface area contributed by atoms with E-state index in [0.29, 0.717) is 0 Å². The number of nitrogens with zero attached hydrogens (tertiary/aromatic N) is 1. The highest BCUT2D eigenvalue weighted by Gasteiger charge is 2.53. The van der Waals surface area contributed by atoms with Gasteiger partial charge < -0.3 is 10.0 Å². The smallest absolute Gasteiger partial charge is 0.226 e. The quantitative estimate of drug-likeness (QED) is 0.884. The van der Waals surface area contributed by atoms with Gasteiger partial charge in [0.05, 0.1) is 12.6 Å². The lowest BCUT2D eigenvalue weighted by Crippen LogP contribution is -2.42. The van der Waals surface area contributed by atoms with Gasteiger partial charge in [-0.15, -0.1) is 0 Å². The summed E-state index contributed by atoms with van der Waals surface area (Å²) in [7, 11) is 0. The van der Waals surface area contributed by atoms with Gasteiger partial charge in [0.2, 0.25) is 5.91 Å². The van der Waals surface area contributed by atoms with Crippen molar-refractivity contribution in [2.75, 3.05) is 13.2 Å². The lowest BCUT2D eigenvalue weighted by Gasteiger charge is -2.37. The number of carbonyl (C=O) groups excluding carboxylic acids is 1. The second kappa shape index (κ2) is 4.34. The Kier molecular flexibility index (Phi) is 2.90. The summed E-state index contributed by atoms with van der Waals surface area (Å²) in [6.45, 7) is 5.02. The fraction of sp³-hybridized carbons (Fsp3) is 0.562. The summed E-state index contributed by atoms with van der Waals surface area (Å²) < 4.78 is 0. The van der Waals surface area contributed by atoms with E-state index in [2.05, 4.69) is 19.9 Å². The molecule has 0 unspecified atom stereocenters. The van der Waals surface area contributed by atoms with Gasteiger partial charge in [0.15, 0.2) is 0 Å². The first-order valence-corrected chi connectivity index (χ1v) is 7.04. The summed E-state index contributed by atoms with van der Waals surface area (Å²) in [5, 5.41) is 9.70. The predicted octanol–water partition coefficient (Wildman–Crippen LogP) is 2.15. The van der Waals surface area contributed by atoms with Crippen LogP contribution >= 0.6 is 0 Å². The molecule has 3 nitrogen and oxygen atoms in total. The van der Waals surface area contributed by atoms with Crippen LogP contribution in [-0.4, -0.2) is 29.1 Å². The van der Waals surface area contributed by atoms with Crippen molar-refractivity contribution in [3.05, 3.63) is 35.4 Å². The summed E-state index contributed by atoms with van der Waals surface area (Å²) in [4.78, 5) is 14.5. The Labute approximate surface area is 114 Å². The maximum Gasteiger partial charge on any atom is 0.226 e. The molecule has 2 atom stereocenters. The van der Waals surface area contributed by atoms with Crippen molar-refractivity contribution in [2.24, 2.45) is 11.3 Å². The SMILES string of the molecule is CC1(C)C[C@@H]1C(=O)N1CCc2ccccc2[C@H]1CO. The van der Waals surface area contributed by atoms with E-state index in [-0.39, 0.29) is 29.9 Å². The van der Waals surface area contributed by atoms with Crippen molar-refractivity contribution in [2.45, 2.75) is 32.7 Å². The molecule has 0 aromatic heterocycles. The molecule has 1 saturated carbocycles. The standard InChI is InChI=1S/C16H21NO2/c1-16(2)9-13(16)15(19)17-8-7-11-5-3-4-6-12(11)14(17)10-18/h3-6,13-14,18H,7-10H2,1-2H3/t13-,14-/m1/s1. The molecule has 1 aromatic carbocycles. The van der Waals surface area contributed by atoms with Gasteiger partial charge in [0.1, 0.15) is 0 Å². The van der Waals surface area contributed by atoms with Gasteiger partial charge >= 0.3 is 0 Å². The van der Waals surface area contributed by atoms with Crippen LogP contribution < -0.4 is 0 Å². The number of hydrogen-bond acceptors (Lipinski definition) is 2. The van der Waals surface area contributed by atoms with Crippen LogP contribution in [0.1, 0.15) is 37.4 Å². The van der Waals surface area contributed by atoms with Crippen LogP contribution in [0.2, 0.25) is 0 Å². The topological polar surface area (TPSA) is 40.5 Å². The number of fused-ring (bicyclic) bond motifs is 1. The molecule has 3 heteroatoms. The largest absolute Gasteiger partial charge is 0.394 e. The van der Waals surface area contributed by atoms with Crippen LogP contribution in [0, 0.1) is 11.3 Å². The van der Waals surface area contributed by atoms with Gasteiger partial charge in [-0.1, -0.05) is 38.1 Å². The number of benzene rings is 1. The van der Waals surface area contributed by atoms with Crippen LogP contribution in [0.25, 0.3) is 0 Å². The first kappa shape index (κ1) is 12.7. The van der Waals surface area contributed by atoms with Crippen molar-refractivity contribution in [3.63, 3.8) is 0 Å². The lowest BCUT2D eigenvalue weighted by molar-refractivity contribution is -0.137. The van der Waals surface area contributed by atoms with Crippen molar-refractivity contribution in [1.29, 1.82) is 0 Å². The number of hydrogen-bond donors (Lipinski definition) is 1. The average molecular weight is 259 g/mol. The third-order valence-electron chi connectivity index (χ3n) is 4.68. The molecular formula is C16H21NO2. The highest BCUT2D eigenvalue weighted by Crippen LogP contribution is 2.53. The molecule has 1 fully saturated rings. The molecule has 3 rings (SSSR count). The molecule has 0 spiro atoms. The van der Waals surface area contributed by atoms with Crippen molar-refractivity contribution in [3.8, 4) is 0 Å². The summed E-state index contributed by atoms with van der Waals surface area (Å²) in [5.74, 6) is 0.366. The summed E-state index contributed by atoms with van der Waals surface area (Å²) >= 11 is 0. The summed E-state index contributed by atoms with van der Waals surface area (Å²) in [6.07, 6.45) is 1.87. The molecule has 1 heterocycles. The maximum absolute atomic E-state index is 12.6. The number of amides is 1. The van der Waals surface area contributed by atoms with Crippen LogP contribution in [0.5, 0.6) is 0 Å². The first-order chi connectivity index (χ1) is 9.04. The minimum absolute atomic E-state index is 0.00982. The molecule has 1 N–H and O–H groups in total. The molecule has 19 heavy (non-hydrogen) atoms. The molecule has 1 aliphatic carbocycles. The van der Waals surface area contributed by atoms with Gasteiger partial charge in [-0.05, 0) is 29.4 Å². The Morgan fingerprint density at radius 3 is 2.74 bits per heavy atom. The van der Waals surface area contributed by atoms with Gasteiger partial charge in [0, 0.05) is 12.5 Å². The molecule has 0 radical (unpaired) electrons. The van der Waals surface area contributed by atoms with E-state index in [1.807, 2.05) is 23.1 Å². The predicted molar refractivity (Wildman–Crippen MR) is 73.6 cm³/mol. The fourth-order valence-electron chi connectivity index (χ4n) is 3.20. The molecule has 0 bridgehead atoms. The third kappa shape index (κ3) is 2.06. The van der Waals surface area contributed by atoms with Crippen molar-refractivity contribution >= 4 is 5.91 Å². The minimum Gasteiger partial charge on any atom is -0.394 e. The molecule has 1 aromatic rings. The van der Waals surface area contributed by atoms with Gasteiger partial charge in [-0.2, -0.15) is 0 Å². The zero-order chi connectivity index (χ0) is 13.6. The highest BCUT2D eigenvalue weighted by molar-refractivity contribution is 5.83. The maximum atomic E-state index is 12.6. The monoisotopic (exact) mass is 259 g/mol. The number of aliphatic hydroxyl groups excluding tert-OH is 1. The van der Waals surface area contributed by atoms with E-state index in [4.69, 9.17) is 0 Å². The van der Waals surface area contributed by atoms with E-state index < -0.39 is 0 Å². The zero-order valence-corrected chi connectivity index (χ0v) is 11.6. The van der Waals surface area contributed by atoms with Crippen LogP contribution in [0.4, 0.5) is 0 Å². The van der Waals surface area contributed by atoms with Crippen molar-refractivity contribution < 1.29 is 9.90 Å². The van der Waals surface area contributed by atoms with E-state index in [0.717, 1.165) is 24.9 Å². The van der Waals surface area contributed by atoms with E-state index in [9.17, 15) is 9.90 Å². The minimum atomic E-state index is -0.158. The van der Waals surface area contributed by atoms with Crippen LogP contribution in [-0.2, 0) is 11.2 Å². The molecule has 0 saturated heterocycles. The number of rotatable bonds is 2. The van der Waals surface area contributed by atoms with Crippen LogP contribution in [0.3, 0.4) is 0 Å². The van der Waals surface area contributed by atoms with Gasteiger partial charge in [-0.3, -0.25) is 4.79 Å². The number of aliphatic hydroxyl groups is 1. The van der Waals surface area contributed by atoms with E-state index in [1.165, 1.54) is 5.56 Å². The summed E-state index contributed by atoms with van der Waals surface area (Å²) in [6, 6.07) is 7.98. The Hall–Kier alpha value is -1.35.